The SMILES string of the molecule is C.O=C(CCCCCOCC(F)(F)F)N[C@H](CN1CCCC1)[C@H](O)c1ccc2c(c1)OCCO2. The van der Waals surface area contributed by atoms with Crippen LogP contribution in [0.15, 0.2) is 18.2 Å². The zero-order valence-corrected chi connectivity index (χ0v) is 18.7. The predicted octanol–water partition coefficient (Wildman–Crippen LogP) is 3.85. The summed E-state index contributed by atoms with van der Waals surface area (Å²) in [6, 6.07) is 4.81. The highest BCUT2D eigenvalue weighted by atomic mass is 19.4. The Kier molecular flexibility index (Phi) is 11.4. The number of ether oxygens (including phenoxy) is 3. The van der Waals surface area contributed by atoms with Gasteiger partial charge in [0.15, 0.2) is 11.5 Å². The number of benzene rings is 1. The molecule has 34 heavy (non-hydrogen) atoms. The molecule has 2 heterocycles. The normalized spacial score (nSPS) is 17.6. The Labute approximate surface area is 199 Å². The van der Waals surface area contributed by atoms with Crippen molar-refractivity contribution in [3.05, 3.63) is 23.8 Å². The van der Waals surface area contributed by atoms with Gasteiger partial charge in [-0.15, -0.1) is 0 Å². The number of rotatable bonds is 12. The minimum atomic E-state index is -4.32. The Morgan fingerprint density at radius 1 is 1.12 bits per heavy atom. The van der Waals surface area contributed by atoms with Crippen LogP contribution in [-0.2, 0) is 9.53 Å². The number of amides is 1. The molecule has 1 aromatic rings. The Hall–Kier alpha value is -2.04. The van der Waals surface area contributed by atoms with Crippen LogP contribution in [0.5, 0.6) is 11.5 Å². The van der Waals surface area contributed by atoms with Crippen molar-refractivity contribution in [1.29, 1.82) is 0 Å². The number of carbonyl (C=O) groups excluding carboxylic acids is 1. The third-order valence-corrected chi connectivity index (χ3v) is 5.75. The lowest BCUT2D eigenvalue weighted by Crippen LogP contribution is -2.46. The molecule has 194 valence electrons. The molecule has 2 N–H and O–H groups in total. The third-order valence-electron chi connectivity index (χ3n) is 5.75. The van der Waals surface area contributed by atoms with Gasteiger partial charge >= 0.3 is 6.18 Å². The lowest BCUT2D eigenvalue weighted by atomic mass is 10.0. The first kappa shape index (κ1) is 28.2. The van der Waals surface area contributed by atoms with Crippen molar-refractivity contribution < 1.29 is 37.3 Å². The molecule has 2 aliphatic heterocycles. The molecule has 1 aromatic carbocycles. The van der Waals surface area contributed by atoms with Crippen LogP contribution in [0.2, 0.25) is 0 Å². The van der Waals surface area contributed by atoms with Gasteiger partial charge in [-0.2, -0.15) is 13.2 Å². The van der Waals surface area contributed by atoms with Gasteiger partial charge in [0, 0.05) is 19.6 Å². The largest absolute Gasteiger partial charge is 0.486 e. The zero-order chi connectivity index (χ0) is 23.7. The summed E-state index contributed by atoms with van der Waals surface area (Å²) >= 11 is 0. The van der Waals surface area contributed by atoms with E-state index in [0.29, 0.717) is 56.1 Å². The van der Waals surface area contributed by atoms with Crippen LogP contribution in [-0.4, -0.2) is 74.2 Å². The van der Waals surface area contributed by atoms with Crippen molar-refractivity contribution in [3.63, 3.8) is 0 Å². The fourth-order valence-electron chi connectivity index (χ4n) is 4.08. The summed E-state index contributed by atoms with van der Waals surface area (Å²) in [7, 11) is 0. The van der Waals surface area contributed by atoms with Gasteiger partial charge in [-0.05, 0) is 56.5 Å². The number of aliphatic hydroxyl groups excluding tert-OH is 1. The summed E-state index contributed by atoms with van der Waals surface area (Å²) in [5.41, 5.74) is 0.644. The smallest absolute Gasteiger partial charge is 0.411 e. The Balaban J connectivity index is 0.00000408. The first-order valence-corrected chi connectivity index (χ1v) is 11.6. The average Bonchev–Trinajstić information content (AvgIpc) is 3.29. The highest BCUT2D eigenvalue weighted by Gasteiger charge is 2.28. The van der Waals surface area contributed by atoms with Gasteiger partial charge in [-0.25, -0.2) is 0 Å². The second-order valence-corrected chi connectivity index (χ2v) is 8.51. The Morgan fingerprint density at radius 2 is 1.82 bits per heavy atom. The van der Waals surface area contributed by atoms with Gasteiger partial charge in [-0.1, -0.05) is 19.9 Å². The maximum Gasteiger partial charge on any atom is 0.411 e. The van der Waals surface area contributed by atoms with Crippen molar-refractivity contribution in [1.82, 2.24) is 10.2 Å². The molecular formula is C24H37F3N2O5. The van der Waals surface area contributed by atoms with E-state index in [0.717, 1.165) is 25.9 Å². The van der Waals surface area contributed by atoms with E-state index in [-0.39, 0.29) is 26.4 Å². The predicted molar refractivity (Wildman–Crippen MR) is 122 cm³/mol. The fourth-order valence-corrected chi connectivity index (χ4v) is 4.08. The number of nitrogens with zero attached hydrogens (tertiary/aromatic N) is 1. The molecule has 0 aliphatic carbocycles. The molecule has 0 bridgehead atoms. The quantitative estimate of drug-likeness (QED) is 0.434. The standard InChI is InChI=1S/C23H33F3N2O5.CH4/c24-23(25,26)16-31-11-5-1-2-6-21(29)27-18(15-28-9-3-4-10-28)22(30)17-7-8-19-20(14-17)33-13-12-32-19;/h7-8,14,18,22,30H,1-6,9-13,15-16H2,(H,27,29);1H4/t18-,22-;/m1./s1. The number of hydrogen-bond donors (Lipinski definition) is 2. The van der Waals surface area contributed by atoms with Gasteiger partial charge in [0.25, 0.3) is 0 Å². The van der Waals surface area contributed by atoms with E-state index in [1.54, 1.807) is 18.2 Å². The van der Waals surface area contributed by atoms with Crippen LogP contribution < -0.4 is 14.8 Å². The molecule has 10 heteroatoms. The molecule has 0 unspecified atom stereocenters. The molecule has 1 saturated heterocycles. The van der Waals surface area contributed by atoms with Crippen molar-refractivity contribution in [2.24, 2.45) is 0 Å². The number of nitrogens with one attached hydrogen (secondary N) is 1. The van der Waals surface area contributed by atoms with Gasteiger partial charge in [0.1, 0.15) is 25.9 Å². The van der Waals surface area contributed by atoms with Crippen molar-refractivity contribution >= 4 is 5.91 Å². The highest BCUT2D eigenvalue weighted by molar-refractivity contribution is 5.76. The van der Waals surface area contributed by atoms with Gasteiger partial charge in [-0.3, -0.25) is 4.79 Å². The molecule has 0 spiro atoms. The minimum absolute atomic E-state index is 0. The van der Waals surface area contributed by atoms with Crippen LogP contribution in [0.3, 0.4) is 0 Å². The molecule has 2 atom stereocenters. The van der Waals surface area contributed by atoms with E-state index in [2.05, 4.69) is 15.0 Å². The molecule has 3 rings (SSSR count). The van der Waals surface area contributed by atoms with E-state index < -0.39 is 24.9 Å². The summed E-state index contributed by atoms with van der Waals surface area (Å²) in [5.74, 6) is 1.03. The van der Waals surface area contributed by atoms with E-state index >= 15 is 0 Å². The first-order chi connectivity index (χ1) is 15.8. The summed E-state index contributed by atoms with van der Waals surface area (Å²) in [6.07, 6.45) is -1.22. The summed E-state index contributed by atoms with van der Waals surface area (Å²) in [5, 5.41) is 14.0. The second kappa shape index (κ2) is 13.7. The third kappa shape index (κ3) is 9.31. The van der Waals surface area contributed by atoms with E-state index in [9.17, 15) is 23.1 Å². The number of hydrogen-bond acceptors (Lipinski definition) is 6. The number of likely N-dealkylation sites (tertiary alicyclic amines) is 1. The van der Waals surface area contributed by atoms with Crippen LogP contribution >= 0.6 is 0 Å². The summed E-state index contributed by atoms with van der Waals surface area (Å²) in [4.78, 5) is 14.8. The molecular weight excluding hydrogens is 453 g/mol. The molecule has 0 radical (unpaired) electrons. The van der Waals surface area contributed by atoms with Crippen LogP contribution in [0.25, 0.3) is 0 Å². The second-order valence-electron chi connectivity index (χ2n) is 8.51. The molecule has 1 fully saturated rings. The highest BCUT2D eigenvalue weighted by Crippen LogP contribution is 2.33. The van der Waals surface area contributed by atoms with E-state index in [4.69, 9.17) is 9.47 Å². The fraction of sp³-hybridized carbons (Fsp3) is 0.708. The van der Waals surface area contributed by atoms with Crippen molar-refractivity contribution in [2.45, 2.75) is 64.3 Å². The summed E-state index contributed by atoms with van der Waals surface area (Å²) in [6.45, 7) is 2.09. The van der Waals surface area contributed by atoms with Crippen LogP contribution in [0.4, 0.5) is 13.2 Å². The van der Waals surface area contributed by atoms with Crippen LogP contribution in [0, 0.1) is 0 Å². The molecule has 7 nitrogen and oxygen atoms in total. The Morgan fingerprint density at radius 3 is 2.53 bits per heavy atom. The lowest BCUT2D eigenvalue weighted by Gasteiger charge is -2.29. The topological polar surface area (TPSA) is 80.3 Å². The van der Waals surface area contributed by atoms with Crippen LogP contribution in [0.1, 0.15) is 57.6 Å². The van der Waals surface area contributed by atoms with Gasteiger partial charge in [0.2, 0.25) is 5.91 Å². The van der Waals surface area contributed by atoms with Gasteiger partial charge in [0.05, 0.1) is 6.04 Å². The summed E-state index contributed by atoms with van der Waals surface area (Å²) < 4.78 is 51.9. The number of alkyl halides is 3. The van der Waals surface area contributed by atoms with Gasteiger partial charge < -0.3 is 29.5 Å². The number of carbonyl (C=O) groups is 1. The van der Waals surface area contributed by atoms with E-state index in [1.807, 2.05) is 0 Å². The maximum atomic E-state index is 12.6. The monoisotopic (exact) mass is 490 g/mol. The number of halogens is 3. The first-order valence-electron chi connectivity index (χ1n) is 11.6. The molecule has 0 saturated carbocycles. The minimum Gasteiger partial charge on any atom is -0.486 e. The zero-order valence-electron chi connectivity index (χ0n) is 18.7. The molecule has 0 aromatic heterocycles. The number of unbranched alkanes of at least 4 members (excludes halogenated alkanes) is 2. The number of aliphatic hydroxyl groups is 1. The van der Waals surface area contributed by atoms with E-state index in [1.165, 1.54) is 0 Å². The molecule has 1 amide bonds. The van der Waals surface area contributed by atoms with Crippen molar-refractivity contribution in [3.8, 4) is 11.5 Å². The maximum absolute atomic E-state index is 12.6. The molecule has 2 aliphatic rings. The Bertz CT molecular complexity index is 757. The number of fused-ring (bicyclic) bond motifs is 1. The lowest BCUT2D eigenvalue weighted by molar-refractivity contribution is -0.174. The average molecular weight is 491 g/mol. The van der Waals surface area contributed by atoms with Crippen molar-refractivity contribution in [2.75, 3.05) is 46.1 Å².